The van der Waals surface area contributed by atoms with Crippen LogP contribution in [-0.2, 0) is 0 Å². The highest BCUT2D eigenvalue weighted by molar-refractivity contribution is 5.89. The Labute approximate surface area is 119 Å². The summed E-state index contributed by atoms with van der Waals surface area (Å²) in [6.07, 6.45) is 0. The molecule has 104 valence electrons. The Kier molecular flexibility index (Phi) is 3.19. The Morgan fingerprint density at radius 2 is 1.86 bits per heavy atom. The van der Waals surface area contributed by atoms with Crippen molar-refractivity contribution in [1.29, 1.82) is 0 Å². The zero-order valence-corrected chi connectivity index (χ0v) is 10.9. The van der Waals surface area contributed by atoms with Crippen molar-refractivity contribution in [2.24, 2.45) is 5.73 Å². The van der Waals surface area contributed by atoms with E-state index in [0.717, 1.165) is 5.56 Å². The van der Waals surface area contributed by atoms with Gasteiger partial charge in [-0.05, 0) is 18.2 Å². The molecule has 6 heteroatoms. The molecule has 21 heavy (non-hydrogen) atoms. The summed E-state index contributed by atoms with van der Waals surface area (Å²) in [7, 11) is 0. The second-order valence-electron chi connectivity index (χ2n) is 4.38. The average Bonchev–Trinajstić information content (AvgIpc) is 2.93. The molecule has 3 aromatic rings. The van der Waals surface area contributed by atoms with Gasteiger partial charge in [-0.25, -0.2) is 14.1 Å². The Morgan fingerprint density at radius 1 is 1.10 bits per heavy atom. The van der Waals surface area contributed by atoms with Crippen LogP contribution in [0.25, 0.3) is 17.1 Å². The maximum atomic E-state index is 13.4. The third-order valence-electron chi connectivity index (χ3n) is 2.91. The van der Waals surface area contributed by atoms with E-state index in [1.165, 1.54) is 16.8 Å². The second-order valence-corrected chi connectivity index (χ2v) is 4.38. The summed E-state index contributed by atoms with van der Waals surface area (Å²) in [5, 5.41) is 4.06. The van der Waals surface area contributed by atoms with E-state index in [1.807, 2.05) is 30.3 Å². The summed E-state index contributed by atoms with van der Waals surface area (Å²) in [6.45, 7) is 0. The highest BCUT2D eigenvalue weighted by Crippen LogP contribution is 2.21. The maximum absolute atomic E-state index is 13.4. The minimum Gasteiger partial charge on any atom is -0.363 e. The normalized spacial score (nSPS) is 10.5. The smallest absolute Gasteiger partial charge is 0.288 e. The van der Waals surface area contributed by atoms with E-state index < -0.39 is 11.7 Å². The lowest BCUT2D eigenvalue weighted by Gasteiger charge is -2.05. The molecule has 0 unspecified atom stereocenters. The largest absolute Gasteiger partial charge is 0.363 e. The molecule has 1 amide bonds. The topological polar surface area (TPSA) is 73.8 Å². The first-order chi connectivity index (χ1) is 10.1. The predicted molar refractivity (Wildman–Crippen MR) is 75.3 cm³/mol. The molecule has 1 heterocycles. The van der Waals surface area contributed by atoms with Crippen molar-refractivity contribution < 1.29 is 9.18 Å². The number of hydrogen-bond acceptors (Lipinski definition) is 3. The maximum Gasteiger partial charge on any atom is 0.288 e. The van der Waals surface area contributed by atoms with Gasteiger partial charge in [0.1, 0.15) is 5.82 Å². The molecular weight excluding hydrogens is 271 g/mol. The van der Waals surface area contributed by atoms with Crippen molar-refractivity contribution in [3.8, 4) is 17.1 Å². The first kappa shape index (κ1) is 13.0. The van der Waals surface area contributed by atoms with E-state index in [9.17, 15) is 9.18 Å². The number of rotatable bonds is 3. The van der Waals surface area contributed by atoms with Gasteiger partial charge < -0.3 is 5.73 Å². The molecule has 2 N–H and O–H groups in total. The number of nitrogens with two attached hydrogens (primary N) is 1. The molecule has 0 spiro atoms. The molecule has 1 aromatic heterocycles. The van der Waals surface area contributed by atoms with Gasteiger partial charge in [0, 0.05) is 5.56 Å². The van der Waals surface area contributed by atoms with Gasteiger partial charge >= 0.3 is 0 Å². The number of amides is 1. The van der Waals surface area contributed by atoms with Crippen molar-refractivity contribution in [3.05, 3.63) is 66.2 Å². The third-order valence-corrected chi connectivity index (χ3v) is 2.91. The standard InChI is InChI=1S/C15H11FN4O/c16-11-7-4-8-12(9-11)20-15(10-5-2-1-3-6-10)18-14(19-20)13(17)21/h1-9H,(H2,17,21). The van der Waals surface area contributed by atoms with Crippen molar-refractivity contribution >= 4 is 5.91 Å². The van der Waals surface area contributed by atoms with Crippen LogP contribution in [0.1, 0.15) is 10.6 Å². The summed E-state index contributed by atoms with van der Waals surface area (Å²) >= 11 is 0. The number of carbonyl (C=O) groups is 1. The summed E-state index contributed by atoms with van der Waals surface area (Å²) in [5.74, 6) is -0.821. The zero-order chi connectivity index (χ0) is 14.8. The van der Waals surface area contributed by atoms with E-state index in [1.54, 1.807) is 12.1 Å². The lowest BCUT2D eigenvalue weighted by atomic mass is 10.2. The van der Waals surface area contributed by atoms with Crippen molar-refractivity contribution in [2.45, 2.75) is 0 Å². The number of carbonyl (C=O) groups excluding carboxylic acids is 1. The number of benzene rings is 2. The van der Waals surface area contributed by atoms with Crippen molar-refractivity contribution in [3.63, 3.8) is 0 Å². The van der Waals surface area contributed by atoms with Gasteiger partial charge in [0.05, 0.1) is 5.69 Å². The molecule has 0 radical (unpaired) electrons. The molecule has 0 fully saturated rings. The first-order valence-electron chi connectivity index (χ1n) is 6.23. The number of hydrogen-bond donors (Lipinski definition) is 1. The molecule has 3 rings (SSSR count). The highest BCUT2D eigenvalue weighted by atomic mass is 19.1. The van der Waals surface area contributed by atoms with Crippen LogP contribution in [0.2, 0.25) is 0 Å². The monoisotopic (exact) mass is 282 g/mol. The van der Waals surface area contributed by atoms with E-state index in [-0.39, 0.29) is 5.82 Å². The van der Waals surface area contributed by atoms with Gasteiger partial charge in [0.25, 0.3) is 5.91 Å². The van der Waals surface area contributed by atoms with Crippen LogP contribution in [0, 0.1) is 5.82 Å². The van der Waals surface area contributed by atoms with Crippen LogP contribution in [0.3, 0.4) is 0 Å². The number of nitrogens with zero attached hydrogens (tertiary/aromatic N) is 3. The average molecular weight is 282 g/mol. The van der Waals surface area contributed by atoms with Crippen molar-refractivity contribution in [2.75, 3.05) is 0 Å². The second kappa shape index (κ2) is 5.16. The van der Waals surface area contributed by atoms with Crippen molar-refractivity contribution in [1.82, 2.24) is 14.8 Å². The molecular formula is C15H11FN4O. The van der Waals surface area contributed by atoms with E-state index in [0.29, 0.717) is 11.5 Å². The molecule has 0 saturated carbocycles. The number of halogens is 1. The number of primary amides is 1. The Bertz CT molecular complexity index is 798. The third kappa shape index (κ3) is 2.51. The molecule has 0 aliphatic heterocycles. The molecule has 0 bridgehead atoms. The lowest BCUT2D eigenvalue weighted by molar-refractivity contribution is 0.0990. The highest BCUT2D eigenvalue weighted by Gasteiger charge is 2.16. The van der Waals surface area contributed by atoms with Crippen LogP contribution < -0.4 is 5.73 Å². The van der Waals surface area contributed by atoms with Crippen LogP contribution in [0.5, 0.6) is 0 Å². The van der Waals surface area contributed by atoms with Gasteiger partial charge in [-0.1, -0.05) is 36.4 Å². The molecule has 2 aromatic carbocycles. The Balaban J connectivity index is 2.21. The molecule has 0 aliphatic rings. The van der Waals surface area contributed by atoms with E-state index in [4.69, 9.17) is 5.73 Å². The number of aromatic nitrogens is 3. The van der Waals surface area contributed by atoms with Gasteiger partial charge in [-0.15, -0.1) is 5.10 Å². The summed E-state index contributed by atoms with van der Waals surface area (Å²) in [4.78, 5) is 15.4. The van der Waals surface area contributed by atoms with Gasteiger partial charge in [0.15, 0.2) is 5.82 Å². The summed E-state index contributed by atoms with van der Waals surface area (Å²) < 4.78 is 14.8. The fraction of sp³-hybridized carbons (Fsp3) is 0. The minimum absolute atomic E-state index is 0.113. The fourth-order valence-corrected chi connectivity index (χ4v) is 1.98. The lowest BCUT2D eigenvalue weighted by Crippen LogP contribution is -2.13. The predicted octanol–water partition coefficient (Wildman–Crippen LogP) is 2.17. The molecule has 0 aliphatic carbocycles. The quantitative estimate of drug-likeness (QED) is 0.800. The molecule has 0 saturated heterocycles. The zero-order valence-electron chi connectivity index (χ0n) is 10.9. The van der Waals surface area contributed by atoms with Gasteiger partial charge in [-0.2, -0.15) is 0 Å². The van der Waals surface area contributed by atoms with Gasteiger partial charge in [0.2, 0.25) is 5.82 Å². The van der Waals surface area contributed by atoms with Crippen LogP contribution in [0.4, 0.5) is 4.39 Å². The van der Waals surface area contributed by atoms with Crippen LogP contribution in [-0.4, -0.2) is 20.7 Å². The van der Waals surface area contributed by atoms with Crippen LogP contribution in [0.15, 0.2) is 54.6 Å². The van der Waals surface area contributed by atoms with E-state index >= 15 is 0 Å². The SMILES string of the molecule is NC(=O)c1nc(-c2ccccc2)n(-c2cccc(F)c2)n1. The van der Waals surface area contributed by atoms with Crippen LogP contribution >= 0.6 is 0 Å². The summed E-state index contributed by atoms with van der Waals surface area (Å²) in [5.41, 5.74) is 6.45. The fourth-order valence-electron chi connectivity index (χ4n) is 1.98. The molecule has 0 atom stereocenters. The molecule has 5 nitrogen and oxygen atoms in total. The van der Waals surface area contributed by atoms with Gasteiger partial charge in [-0.3, -0.25) is 4.79 Å². The first-order valence-corrected chi connectivity index (χ1v) is 6.23. The van der Waals surface area contributed by atoms with E-state index in [2.05, 4.69) is 10.1 Å². The Hall–Kier alpha value is -3.02. The Morgan fingerprint density at radius 3 is 2.52 bits per heavy atom. The minimum atomic E-state index is -0.734. The summed E-state index contributed by atoms with van der Waals surface area (Å²) in [6, 6.07) is 15.1.